The Hall–Kier alpha value is -3.44. The number of ketones is 1. The maximum atomic E-state index is 13.7. The zero-order chi connectivity index (χ0) is 28.7. The molecule has 12 heteroatoms. The summed E-state index contributed by atoms with van der Waals surface area (Å²) in [5, 5.41) is 7.97. The zero-order valence-corrected chi connectivity index (χ0v) is 22.8. The third kappa shape index (κ3) is 7.55. The van der Waals surface area contributed by atoms with E-state index in [1.165, 1.54) is 17.9 Å². The van der Waals surface area contributed by atoms with Crippen LogP contribution in [0.15, 0.2) is 12.7 Å². The molecular weight excluding hydrogens is 494 g/mol. The van der Waals surface area contributed by atoms with Crippen molar-refractivity contribution >= 4 is 35.5 Å². The molecule has 1 saturated heterocycles. The van der Waals surface area contributed by atoms with E-state index in [0.717, 1.165) is 19.3 Å². The average Bonchev–Trinajstić information content (AvgIpc) is 3.35. The van der Waals surface area contributed by atoms with Gasteiger partial charge in [0.25, 0.3) is 5.91 Å². The molecule has 0 aromatic carbocycles. The number of carbonyl (C=O) groups is 6. The number of likely N-dealkylation sites (tertiary alicyclic amines) is 1. The summed E-state index contributed by atoms with van der Waals surface area (Å²) in [5.41, 5.74) is 3.07. The second-order valence-electron chi connectivity index (χ2n) is 11.1. The number of carbonyl (C=O) groups excluding carboxylic acids is 6. The molecule has 2 unspecified atom stereocenters. The lowest BCUT2D eigenvalue weighted by Crippen LogP contribution is -2.63. The molecule has 38 heavy (non-hydrogen) atoms. The number of nitrogens with one attached hydrogen (secondary N) is 3. The zero-order valence-electron chi connectivity index (χ0n) is 22.8. The summed E-state index contributed by atoms with van der Waals surface area (Å²) in [5.74, 6) is -3.69. The lowest BCUT2D eigenvalue weighted by Gasteiger charge is -2.38. The smallest absolute Gasteiger partial charge is 0.332 e. The molecule has 2 rings (SSSR count). The fourth-order valence-electron chi connectivity index (χ4n) is 4.90. The van der Waals surface area contributed by atoms with Crippen molar-refractivity contribution in [1.82, 2.24) is 20.9 Å². The topological polar surface area (TPSA) is 177 Å². The van der Waals surface area contributed by atoms with E-state index in [9.17, 15) is 28.8 Å². The van der Waals surface area contributed by atoms with Crippen molar-refractivity contribution in [2.45, 2.75) is 96.3 Å². The van der Waals surface area contributed by atoms with Gasteiger partial charge < -0.3 is 31.3 Å². The highest BCUT2D eigenvalue weighted by Crippen LogP contribution is 2.30. The summed E-state index contributed by atoms with van der Waals surface area (Å²) >= 11 is 0. The van der Waals surface area contributed by atoms with E-state index in [4.69, 9.17) is 10.5 Å². The normalized spacial score (nSPS) is 20.4. The summed E-state index contributed by atoms with van der Waals surface area (Å²) in [4.78, 5) is 76.9. The molecule has 5 amide bonds. The predicted molar refractivity (Wildman–Crippen MR) is 138 cm³/mol. The molecule has 3 atom stereocenters. The van der Waals surface area contributed by atoms with Crippen molar-refractivity contribution in [3.63, 3.8) is 0 Å². The molecule has 0 spiro atoms. The maximum absolute atomic E-state index is 13.7. The number of amides is 5. The Balaban J connectivity index is 2.18. The number of rotatable bonds is 10. The standard InChI is InChI=1S/C26H41N5O7/c1-6-15-38-23(36)26(12-8-7-9-13-26)30-24(37)29-19(25(3,4)5)22(35)31-14-10-11-17(31)21(34)28-16(2)18(32)20(27)33/h6,16-17,19H,1,7-15H2,2-5H3,(H2,27,33)(H,28,34)(H2,29,30,37)/t16?,17-,19?/m0/s1. The van der Waals surface area contributed by atoms with Crippen LogP contribution >= 0.6 is 0 Å². The van der Waals surface area contributed by atoms with Crippen molar-refractivity contribution in [2.75, 3.05) is 13.2 Å². The van der Waals surface area contributed by atoms with Gasteiger partial charge in [-0.3, -0.25) is 19.2 Å². The maximum Gasteiger partial charge on any atom is 0.332 e. The van der Waals surface area contributed by atoms with Crippen molar-refractivity contribution in [1.29, 1.82) is 0 Å². The largest absolute Gasteiger partial charge is 0.460 e. The highest BCUT2D eigenvalue weighted by atomic mass is 16.5. The summed E-state index contributed by atoms with van der Waals surface area (Å²) < 4.78 is 5.27. The summed E-state index contributed by atoms with van der Waals surface area (Å²) in [6, 6.07) is -3.71. The molecule has 1 heterocycles. The second kappa shape index (κ2) is 12.9. The molecule has 5 N–H and O–H groups in total. The number of Topliss-reactive ketones (excluding diaryl/α,β-unsaturated/α-hetero) is 1. The van der Waals surface area contributed by atoms with E-state index >= 15 is 0 Å². The van der Waals surface area contributed by atoms with Crippen LogP contribution in [0.3, 0.4) is 0 Å². The molecule has 1 saturated carbocycles. The van der Waals surface area contributed by atoms with E-state index in [2.05, 4.69) is 22.5 Å². The molecule has 1 aliphatic heterocycles. The van der Waals surface area contributed by atoms with Gasteiger partial charge in [0, 0.05) is 6.54 Å². The number of ether oxygens (including phenoxy) is 1. The summed E-state index contributed by atoms with van der Waals surface area (Å²) in [6.45, 7) is 10.5. The molecule has 12 nitrogen and oxygen atoms in total. The van der Waals surface area contributed by atoms with Crippen LogP contribution in [-0.4, -0.2) is 77.2 Å². The van der Waals surface area contributed by atoms with Gasteiger partial charge in [-0.25, -0.2) is 9.59 Å². The first kappa shape index (κ1) is 30.8. The Morgan fingerprint density at radius 2 is 1.71 bits per heavy atom. The first-order chi connectivity index (χ1) is 17.7. The number of hydrogen-bond donors (Lipinski definition) is 4. The number of esters is 1. The van der Waals surface area contributed by atoms with Gasteiger partial charge in [-0.1, -0.05) is 52.7 Å². The Morgan fingerprint density at radius 3 is 2.26 bits per heavy atom. The van der Waals surface area contributed by atoms with Crippen LogP contribution in [0.4, 0.5) is 4.79 Å². The Morgan fingerprint density at radius 1 is 1.08 bits per heavy atom. The van der Waals surface area contributed by atoms with Crippen molar-refractivity contribution < 1.29 is 33.5 Å². The quantitative estimate of drug-likeness (QED) is 0.180. The van der Waals surface area contributed by atoms with E-state index in [0.29, 0.717) is 25.7 Å². The highest BCUT2D eigenvalue weighted by Gasteiger charge is 2.45. The van der Waals surface area contributed by atoms with Gasteiger partial charge in [0.2, 0.25) is 17.6 Å². The highest BCUT2D eigenvalue weighted by molar-refractivity contribution is 6.37. The minimum Gasteiger partial charge on any atom is -0.460 e. The fraction of sp³-hybridized carbons (Fsp3) is 0.692. The van der Waals surface area contributed by atoms with Gasteiger partial charge in [0.05, 0.1) is 6.04 Å². The van der Waals surface area contributed by atoms with E-state index in [1.807, 2.05) is 0 Å². The Kier molecular flexibility index (Phi) is 10.4. The lowest BCUT2D eigenvalue weighted by atomic mass is 9.81. The first-order valence-corrected chi connectivity index (χ1v) is 13.0. The third-order valence-electron chi connectivity index (χ3n) is 7.00. The molecule has 0 radical (unpaired) electrons. The van der Waals surface area contributed by atoms with E-state index in [1.54, 1.807) is 20.8 Å². The summed E-state index contributed by atoms with van der Waals surface area (Å²) in [7, 11) is 0. The Bertz CT molecular complexity index is 952. The van der Waals surface area contributed by atoms with Crippen LogP contribution in [0, 0.1) is 5.41 Å². The molecular formula is C26H41N5O7. The fourth-order valence-corrected chi connectivity index (χ4v) is 4.90. The van der Waals surface area contributed by atoms with Gasteiger partial charge >= 0.3 is 12.0 Å². The molecule has 0 aromatic heterocycles. The molecule has 0 aromatic rings. The number of hydrogen-bond acceptors (Lipinski definition) is 7. The molecule has 0 bridgehead atoms. The minimum atomic E-state index is -1.20. The second-order valence-corrected chi connectivity index (χ2v) is 11.1. The molecule has 1 aliphatic carbocycles. The van der Waals surface area contributed by atoms with Crippen molar-refractivity contribution in [3.8, 4) is 0 Å². The van der Waals surface area contributed by atoms with Crippen LogP contribution < -0.4 is 21.7 Å². The number of primary amides is 1. The molecule has 2 aliphatic rings. The van der Waals surface area contributed by atoms with Crippen molar-refractivity contribution in [3.05, 3.63) is 12.7 Å². The van der Waals surface area contributed by atoms with Gasteiger partial charge in [0.15, 0.2) is 0 Å². The van der Waals surface area contributed by atoms with Gasteiger partial charge in [0.1, 0.15) is 24.2 Å². The monoisotopic (exact) mass is 535 g/mol. The van der Waals surface area contributed by atoms with Crippen LogP contribution in [-0.2, 0) is 28.7 Å². The molecule has 212 valence electrons. The molecule has 2 fully saturated rings. The summed E-state index contributed by atoms with van der Waals surface area (Å²) in [6.07, 6.45) is 5.61. The predicted octanol–water partition coefficient (Wildman–Crippen LogP) is 0.683. The van der Waals surface area contributed by atoms with E-state index in [-0.39, 0.29) is 13.2 Å². The average molecular weight is 536 g/mol. The van der Waals surface area contributed by atoms with Crippen molar-refractivity contribution in [2.24, 2.45) is 11.1 Å². The van der Waals surface area contributed by atoms with Crippen LogP contribution in [0.5, 0.6) is 0 Å². The third-order valence-corrected chi connectivity index (χ3v) is 7.00. The Labute approximate surface area is 223 Å². The number of urea groups is 1. The van der Waals surface area contributed by atoms with Crippen LogP contribution in [0.25, 0.3) is 0 Å². The number of nitrogens with two attached hydrogens (primary N) is 1. The van der Waals surface area contributed by atoms with Gasteiger partial charge in [-0.2, -0.15) is 0 Å². The van der Waals surface area contributed by atoms with Gasteiger partial charge in [-0.15, -0.1) is 0 Å². The van der Waals surface area contributed by atoms with E-state index < -0.39 is 64.6 Å². The lowest BCUT2D eigenvalue weighted by molar-refractivity contribution is -0.151. The first-order valence-electron chi connectivity index (χ1n) is 13.0. The minimum absolute atomic E-state index is 0.0229. The number of nitrogens with zero attached hydrogens (tertiary/aromatic N) is 1. The SMILES string of the molecule is C=CCOC(=O)C1(NC(=O)NC(C(=O)N2CCC[C@H]2C(=O)NC(C)C(=O)C(N)=O)C(C)(C)C)CCCCC1. The van der Waals surface area contributed by atoms with Crippen LogP contribution in [0.2, 0.25) is 0 Å². The van der Waals surface area contributed by atoms with Crippen LogP contribution in [0.1, 0.15) is 72.6 Å². The van der Waals surface area contributed by atoms with Gasteiger partial charge in [-0.05, 0) is 38.0 Å².